The van der Waals surface area contributed by atoms with Crippen molar-refractivity contribution in [3.63, 3.8) is 0 Å². The molecule has 7 nitrogen and oxygen atoms in total. The van der Waals surface area contributed by atoms with Gasteiger partial charge in [0.15, 0.2) is 0 Å². The van der Waals surface area contributed by atoms with Crippen LogP contribution in [0.4, 0.5) is 11.4 Å². The summed E-state index contributed by atoms with van der Waals surface area (Å²) >= 11 is 0. The van der Waals surface area contributed by atoms with E-state index in [9.17, 15) is 13.2 Å². The second kappa shape index (κ2) is 9.53. The average molecular weight is 441 g/mol. The van der Waals surface area contributed by atoms with Gasteiger partial charge in [0.1, 0.15) is 18.0 Å². The number of carbonyl (C=O) groups excluding carboxylic acids is 1. The van der Waals surface area contributed by atoms with Gasteiger partial charge in [-0.3, -0.25) is 9.10 Å². The predicted molar refractivity (Wildman–Crippen MR) is 120 cm³/mol. The van der Waals surface area contributed by atoms with Crippen LogP contribution in [0.25, 0.3) is 0 Å². The van der Waals surface area contributed by atoms with Crippen molar-refractivity contribution in [2.24, 2.45) is 0 Å². The molecule has 0 spiro atoms. The van der Waals surface area contributed by atoms with Crippen LogP contribution in [0.15, 0.2) is 77.7 Å². The van der Waals surface area contributed by atoms with E-state index in [1.54, 1.807) is 60.7 Å². The largest absolute Gasteiger partial charge is 0.497 e. The van der Waals surface area contributed by atoms with Crippen molar-refractivity contribution in [3.05, 3.63) is 78.4 Å². The van der Waals surface area contributed by atoms with Gasteiger partial charge in [0.25, 0.3) is 10.0 Å². The summed E-state index contributed by atoms with van der Waals surface area (Å²) in [6.45, 7) is 1.47. The minimum Gasteiger partial charge on any atom is -0.497 e. The Morgan fingerprint density at radius 3 is 2.03 bits per heavy atom. The summed E-state index contributed by atoms with van der Waals surface area (Å²) in [7, 11) is -0.950. The van der Waals surface area contributed by atoms with Crippen molar-refractivity contribution in [2.45, 2.75) is 11.8 Å². The van der Waals surface area contributed by atoms with Crippen molar-refractivity contribution in [1.82, 2.24) is 0 Å². The highest BCUT2D eigenvalue weighted by Crippen LogP contribution is 2.27. The number of anilines is 2. The topological polar surface area (TPSA) is 84.9 Å². The average Bonchev–Trinajstić information content (AvgIpc) is 2.78. The fraction of sp³-hybridized carbons (Fsp3) is 0.174. The highest BCUT2D eigenvalue weighted by atomic mass is 32.2. The number of ether oxygens (including phenoxy) is 2. The van der Waals surface area contributed by atoms with Crippen LogP contribution in [0, 0.1) is 6.92 Å². The molecule has 3 aromatic carbocycles. The normalized spacial score (nSPS) is 10.9. The Bertz CT molecular complexity index is 1120. The number of hydrogen-bond acceptors (Lipinski definition) is 5. The van der Waals surface area contributed by atoms with Gasteiger partial charge in [-0.1, -0.05) is 35.9 Å². The molecule has 1 amide bonds. The molecule has 0 aromatic heterocycles. The molecule has 0 radical (unpaired) electrons. The van der Waals surface area contributed by atoms with Crippen LogP contribution in [-0.2, 0) is 14.8 Å². The van der Waals surface area contributed by atoms with E-state index < -0.39 is 22.5 Å². The van der Waals surface area contributed by atoms with E-state index in [1.165, 1.54) is 26.4 Å². The summed E-state index contributed by atoms with van der Waals surface area (Å²) in [6.07, 6.45) is 0. The molecule has 3 rings (SSSR count). The maximum atomic E-state index is 13.3. The van der Waals surface area contributed by atoms with Crippen LogP contribution in [0.2, 0.25) is 0 Å². The smallest absolute Gasteiger partial charge is 0.264 e. The lowest BCUT2D eigenvalue weighted by Crippen LogP contribution is -2.38. The third-order valence-corrected chi connectivity index (χ3v) is 6.36. The van der Waals surface area contributed by atoms with Crippen LogP contribution in [0.1, 0.15) is 5.56 Å². The number of carbonyl (C=O) groups is 1. The summed E-state index contributed by atoms with van der Waals surface area (Å²) in [5, 5.41) is 2.72. The van der Waals surface area contributed by atoms with E-state index in [2.05, 4.69) is 5.32 Å². The van der Waals surface area contributed by atoms with Crippen molar-refractivity contribution >= 4 is 27.3 Å². The molecule has 0 unspecified atom stereocenters. The number of aryl methyl sites for hydroxylation is 1. The molecule has 0 atom stereocenters. The number of sulfonamides is 1. The molecule has 0 saturated carbocycles. The van der Waals surface area contributed by atoms with Gasteiger partial charge < -0.3 is 14.8 Å². The molecular weight excluding hydrogens is 416 g/mol. The highest BCUT2D eigenvalue weighted by Gasteiger charge is 2.27. The van der Waals surface area contributed by atoms with E-state index in [1.807, 2.05) is 6.92 Å². The van der Waals surface area contributed by atoms with E-state index in [4.69, 9.17) is 9.47 Å². The lowest BCUT2D eigenvalue weighted by atomic mass is 10.2. The van der Waals surface area contributed by atoms with Gasteiger partial charge in [-0.15, -0.1) is 0 Å². The predicted octanol–water partition coefficient (Wildman–Crippen LogP) is 3.85. The van der Waals surface area contributed by atoms with E-state index in [0.717, 1.165) is 9.87 Å². The quantitative estimate of drug-likeness (QED) is 0.575. The van der Waals surface area contributed by atoms with Crippen LogP contribution in [-0.4, -0.2) is 35.1 Å². The molecule has 0 aliphatic rings. The number of nitrogens with zero attached hydrogens (tertiary/aromatic N) is 1. The molecule has 8 heteroatoms. The lowest BCUT2D eigenvalue weighted by Gasteiger charge is -2.24. The van der Waals surface area contributed by atoms with Crippen molar-refractivity contribution < 1.29 is 22.7 Å². The minimum absolute atomic E-state index is 0.109. The Kier molecular flexibility index (Phi) is 6.81. The number of methoxy groups -OCH3 is 2. The number of rotatable bonds is 8. The fourth-order valence-corrected chi connectivity index (χ4v) is 4.38. The molecule has 3 aromatic rings. The van der Waals surface area contributed by atoms with E-state index in [0.29, 0.717) is 22.9 Å². The van der Waals surface area contributed by atoms with E-state index in [-0.39, 0.29) is 4.90 Å². The Morgan fingerprint density at radius 2 is 1.48 bits per heavy atom. The molecule has 0 fully saturated rings. The lowest BCUT2D eigenvalue weighted by molar-refractivity contribution is -0.114. The van der Waals surface area contributed by atoms with Gasteiger partial charge in [-0.2, -0.15) is 0 Å². The minimum atomic E-state index is -3.96. The summed E-state index contributed by atoms with van der Waals surface area (Å²) in [4.78, 5) is 12.9. The highest BCUT2D eigenvalue weighted by molar-refractivity contribution is 7.92. The second-order valence-corrected chi connectivity index (χ2v) is 8.67. The number of para-hydroxylation sites is 1. The van der Waals surface area contributed by atoms with Gasteiger partial charge in [0.05, 0.1) is 24.8 Å². The van der Waals surface area contributed by atoms with Crippen LogP contribution >= 0.6 is 0 Å². The molecule has 0 aliphatic carbocycles. The van der Waals surface area contributed by atoms with Crippen molar-refractivity contribution in [3.8, 4) is 11.5 Å². The molecule has 162 valence electrons. The molecule has 1 N–H and O–H groups in total. The maximum Gasteiger partial charge on any atom is 0.264 e. The Morgan fingerprint density at radius 1 is 0.903 bits per heavy atom. The summed E-state index contributed by atoms with van der Waals surface area (Å²) in [6, 6.07) is 19.9. The van der Waals surface area contributed by atoms with Crippen LogP contribution in [0.3, 0.4) is 0 Å². The second-order valence-electron chi connectivity index (χ2n) is 6.81. The van der Waals surface area contributed by atoms with Gasteiger partial charge in [0, 0.05) is 23.9 Å². The monoisotopic (exact) mass is 440 g/mol. The summed E-state index contributed by atoms with van der Waals surface area (Å²) in [5.41, 5.74) is 1.76. The zero-order chi connectivity index (χ0) is 22.4. The molecule has 31 heavy (non-hydrogen) atoms. The molecule has 0 bridgehead atoms. The first-order chi connectivity index (χ1) is 14.8. The maximum absolute atomic E-state index is 13.3. The summed E-state index contributed by atoms with van der Waals surface area (Å²) in [5.74, 6) is 0.499. The van der Waals surface area contributed by atoms with Gasteiger partial charge in [-0.25, -0.2) is 8.42 Å². The number of nitrogens with one attached hydrogen (secondary N) is 1. The van der Waals surface area contributed by atoms with Crippen LogP contribution < -0.4 is 19.1 Å². The molecule has 0 saturated heterocycles. The molecule has 0 heterocycles. The van der Waals surface area contributed by atoms with Gasteiger partial charge in [0.2, 0.25) is 5.91 Å². The first kappa shape index (κ1) is 22.2. The van der Waals surface area contributed by atoms with Gasteiger partial charge in [-0.05, 0) is 31.2 Å². The summed E-state index contributed by atoms with van der Waals surface area (Å²) < 4.78 is 38.2. The molecule has 0 aliphatic heterocycles. The van der Waals surface area contributed by atoms with Crippen molar-refractivity contribution in [2.75, 3.05) is 30.4 Å². The zero-order valence-electron chi connectivity index (χ0n) is 17.5. The van der Waals surface area contributed by atoms with Gasteiger partial charge >= 0.3 is 0 Å². The molecular formula is C23H24N2O5S. The number of amides is 1. The van der Waals surface area contributed by atoms with Crippen LogP contribution in [0.5, 0.6) is 11.5 Å². The third-order valence-electron chi connectivity index (χ3n) is 4.58. The van der Waals surface area contributed by atoms with E-state index >= 15 is 0 Å². The third kappa shape index (κ3) is 5.35. The first-order valence-corrected chi connectivity index (χ1v) is 10.9. The number of hydrogen-bond donors (Lipinski definition) is 1. The van der Waals surface area contributed by atoms with Crippen molar-refractivity contribution in [1.29, 1.82) is 0 Å². The first-order valence-electron chi connectivity index (χ1n) is 9.51. The standard InChI is InChI=1S/C23H24N2O5S/c1-17-9-11-22(12-10-17)31(27,28)25(19-7-5-4-6-8-19)16-23(26)24-18-13-20(29-2)15-21(14-18)30-3/h4-15H,16H2,1-3H3,(H,24,26). The Labute approximate surface area is 182 Å². The zero-order valence-corrected chi connectivity index (χ0v) is 18.3. The number of benzene rings is 3. The Hall–Kier alpha value is -3.52. The Balaban J connectivity index is 1.91. The fourth-order valence-electron chi connectivity index (χ4n) is 2.96. The SMILES string of the molecule is COc1cc(NC(=O)CN(c2ccccc2)S(=O)(=O)c2ccc(C)cc2)cc(OC)c1.